The van der Waals surface area contributed by atoms with Crippen LogP contribution in [-0.4, -0.2) is 48.6 Å². The Kier molecular flexibility index (Phi) is 4.01. The number of H-pyrrole nitrogens is 1. The molecule has 1 fully saturated rings. The van der Waals surface area contributed by atoms with E-state index in [9.17, 15) is 9.59 Å². The molecule has 1 aliphatic rings. The number of nitrogens with one attached hydrogen (secondary N) is 1. The Morgan fingerprint density at radius 1 is 1.28 bits per heavy atom. The Morgan fingerprint density at radius 2 is 2.16 bits per heavy atom. The molecule has 3 heterocycles. The lowest BCUT2D eigenvalue weighted by Crippen LogP contribution is -2.42. The van der Waals surface area contributed by atoms with Crippen molar-refractivity contribution in [2.24, 2.45) is 0 Å². The summed E-state index contributed by atoms with van der Waals surface area (Å²) in [7, 11) is 0. The highest BCUT2D eigenvalue weighted by Crippen LogP contribution is 2.24. The lowest BCUT2D eigenvalue weighted by molar-refractivity contribution is -0.133. The molecule has 4 rings (SSSR count). The van der Waals surface area contributed by atoms with Crippen molar-refractivity contribution < 1.29 is 4.79 Å². The molecule has 0 radical (unpaired) electrons. The summed E-state index contributed by atoms with van der Waals surface area (Å²) >= 11 is 0. The van der Waals surface area contributed by atoms with Gasteiger partial charge in [0.2, 0.25) is 5.91 Å². The van der Waals surface area contributed by atoms with Crippen LogP contribution in [0.5, 0.6) is 0 Å². The first-order valence-corrected chi connectivity index (χ1v) is 8.29. The molecular formula is C17H18N6O2. The fourth-order valence-corrected chi connectivity index (χ4v) is 3.30. The van der Waals surface area contributed by atoms with Gasteiger partial charge in [-0.3, -0.25) is 19.3 Å². The summed E-state index contributed by atoms with van der Waals surface area (Å²) in [5.74, 6) is 0.886. The zero-order chi connectivity index (χ0) is 17.2. The minimum absolute atomic E-state index is 0.000206. The molecule has 1 saturated heterocycles. The van der Waals surface area contributed by atoms with Gasteiger partial charge in [0.05, 0.1) is 17.2 Å². The molecule has 0 spiro atoms. The van der Waals surface area contributed by atoms with Crippen LogP contribution < -0.4 is 5.56 Å². The van der Waals surface area contributed by atoms with Gasteiger partial charge in [-0.1, -0.05) is 12.1 Å². The maximum atomic E-state index is 12.7. The third-order valence-electron chi connectivity index (χ3n) is 4.63. The van der Waals surface area contributed by atoms with Crippen LogP contribution in [0.4, 0.5) is 0 Å². The number of likely N-dealkylation sites (tertiary alicyclic amines) is 1. The molecule has 8 nitrogen and oxygen atoms in total. The quantitative estimate of drug-likeness (QED) is 0.766. The number of benzene rings is 1. The fraction of sp³-hybridized carbons (Fsp3) is 0.353. The Morgan fingerprint density at radius 3 is 3.00 bits per heavy atom. The van der Waals surface area contributed by atoms with Crippen molar-refractivity contribution in [1.82, 2.24) is 29.6 Å². The van der Waals surface area contributed by atoms with Gasteiger partial charge in [0.25, 0.3) is 5.56 Å². The molecule has 8 heteroatoms. The maximum absolute atomic E-state index is 12.7. The molecule has 1 aliphatic heterocycles. The average molecular weight is 338 g/mol. The third-order valence-corrected chi connectivity index (χ3v) is 4.63. The topological polar surface area (TPSA) is 96.8 Å². The Bertz CT molecular complexity index is 949. The fourth-order valence-electron chi connectivity index (χ4n) is 3.30. The Labute approximate surface area is 143 Å². The summed E-state index contributed by atoms with van der Waals surface area (Å²) < 4.78 is 1.38. The van der Waals surface area contributed by atoms with Crippen molar-refractivity contribution in [1.29, 1.82) is 0 Å². The molecular weight excluding hydrogens is 320 g/mol. The van der Waals surface area contributed by atoms with Crippen molar-refractivity contribution >= 4 is 16.8 Å². The van der Waals surface area contributed by atoms with Crippen molar-refractivity contribution in [3.05, 3.63) is 53.1 Å². The van der Waals surface area contributed by atoms with E-state index in [2.05, 4.69) is 20.2 Å². The normalized spacial score (nSPS) is 17.8. The number of rotatable bonds is 3. The first kappa shape index (κ1) is 15.5. The number of amides is 1. The molecule has 0 aliphatic carbocycles. The monoisotopic (exact) mass is 338 g/mol. The van der Waals surface area contributed by atoms with Gasteiger partial charge in [-0.25, -0.2) is 9.97 Å². The minimum atomic E-state index is -0.192. The molecule has 1 aromatic carbocycles. The standard InChI is InChI=1S/C17H18N6O2/c24-15(22-7-3-4-12(8-22)16-18-10-20-21-16)9-23-11-19-14-6-2-1-5-13(14)17(23)25/h1-2,5-6,10-12H,3-4,7-9H2,(H,18,20,21)/t12-/m1/s1. The van der Waals surface area contributed by atoms with Gasteiger partial charge in [-0.15, -0.1) is 0 Å². The van der Waals surface area contributed by atoms with E-state index in [1.165, 1.54) is 17.2 Å². The van der Waals surface area contributed by atoms with Crippen LogP contribution in [0.25, 0.3) is 10.9 Å². The van der Waals surface area contributed by atoms with E-state index in [-0.39, 0.29) is 23.9 Å². The number of carbonyl (C=O) groups excluding carboxylic acids is 1. The second-order valence-electron chi connectivity index (χ2n) is 6.24. The van der Waals surface area contributed by atoms with E-state index in [0.29, 0.717) is 24.0 Å². The Hall–Kier alpha value is -3.03. The molecule has 0 unspecified atom stereocenters. The van der Waals surface area contributed by atoms with Crippen LogP contribution >= 0.6 is 0 Å². The lowest BCUT2D eigenvalue weighted by Gasteiger charge is -2.31. The molecule has 0 bridgehead atoms. The second kappa shape index (κ2) is 6.46. The largest absolute Gasteiger partial charge is 0.340 e. The number of para-hydroxylation sites is 1. The molecule has 25 heavy (non-hydrogen) atoms. The first-order valence-electron chi connectivity index (χ1n) is 8.29. The molecule has 1 N–H and O–H groups in total. The van der Waals surface area contributed by atoms with Crippen molar-refractivity contribution in [2.45, 2.75) is 25.3 Å². The zero-order valence-corrected chi connectivity index (χ0v) is 13.6. The van der Waals surface area contributed by atoms with E-state index in [1.54, 1.807) is 23.1 Å². The number of aromatic nitrogens is 5. The first-order chi connectivity index (χ1) is 12.2. The molecule has 3 aromatic rings. The van der Waals surface area contributed by atoms with Gasteiger partial charge in [-0.2, -0.15) is 5.10 Å². The highest BCUT2D eigenvalue weighted by Gasteiger charge is 2.26. The average Bonchev–Trinajstić information content (AvgIpc) is 3.19. The Balaban J connectivity index is 1.52. The van der Waals surface area contributed by atoms with Crippen LogP contribution in [0.3, 0.4) is 0 Å². The summed E-state index contributed by atoms with van der Waals surface area (Å²) in [6, 6.07) is 7.15. The number of nitrogens with zero attached hydrogens (tertiary/aromatic N) is 5. The number of hydrogen-bond acceptors (Lipinski definition) is 5. The molecule has 1 amide bonds. The highest BCUT2D eigenvalue weighted by atomic mass is 16.2. The zero-order valence-electron chi connectivity index (χ0n) is 13.6. The van der Waals surface area contributed by atoms with E-state index in [1.807, 2.05) is 6.07 Å². The minimum Gasteiger partial charge on any atom is -0.340 e. The van der Waals surface area contributed by atoms with Gasteiger partial charge in [0.1, 0.15) is 18.7 Å². The van der Waals surface area contributed by atoms with Crippen LogP contribution in [0.2, 0.25) is 0 Å². The van der Waals surface area contributed by atoms with Gasteiger partial charge >= 0.3 is 0 Å². The van der Waals surface area contributed by atoms with Gasteiger partial charge in [0.15, 0.2) is 0 Å². The number of carbonyl (C=O) groups is 1. The summed E-state index contributed by atoms with van der Waals surface area (Å²) in [4.78, 5) is 35.4. The molecule has 2 aromatic heterocycles. The lowest BCUT2D eigenvalue weighted by atomic mass is 9.97. The molecule has 1 atom stereocenters. The molecule has 0 saturated carbocycles. The number of aromatic amines is 1. The van der Waals surface area contributed by atoms with Crippen molar-refractivity contribution in [3.63, 3.8) is 0 Å². The number of fused-ring (bicyclic) bond motifs is 1. The van der Waals surface area contributed by atoms with Gasteiger partial charge < -0.3 is 4.90 Å². The maximum Gasteiger partial charge on any atom is 0.261 e. The summed E-state index contributed by atoms with van der Waals surface area (Å²) in [5, 5.41) is 7.29. The van der Waals surface area contributed by atoms with Gasteiger partial charge in [0, 0.05) is 19.0 Å². The second-order valence-corrected chi connectivity index (χ2v) is 6.24. The van der Waals surface area contributed by atoms with Crippen LogP contribution in [0, 0.1) is 0 Å². The predicted molar refractivity (Wildman–Crippen MR) is 90.9 cm³/mol. The van der Waals surface area contributed by atoms with Crippen LogP contribution in [0.15, 0.2) is 41.7 Å². The van der Waals surface area contributed by atoms with E-state index in [0.717, 1.165) is 18.7 Å². The van der Waals surface area contributed by atoms with Crippen molar-refractivity contribution in [3.8, 4) is 0 Å². The SMILES string of the molecule is O=C(Cn1cnc2ccccc2c1=O)N1CCC[C@@H](c2ncn[nH]2)C1. The highest BCUT2D eigenvalue weighted by molar-refractivity contribution is 5.79. The van der Waals surface area contributed by atoms with Gasteiger partial charge in [-0.05, 0) is 25.0 Å². The summed E-state index contributed by atoms with van der Waals surface area (Å²) in [6.07, 6.45) is 4.80. The summed E-state index contributed by atoms with van der Waals surface area (Å²) in [6.45, 7) is 1.28. The smallest absolute Gasteiger partial charge is 0.261 e. The third kappa shape index (κ3) is 3.02. The van der Waals surface area contributed by atoms with Crippen LogP contribution in [-0.2, 0) is 11.3 Å². The van der Waals surface area contributed by atoms with E-state index < -0.39 is 0 Å². The van der Waals surface area contributed by atoms with Crippen LogP contribution in [0.1, 0.15) is 24.6 Å². The van der Waals surface area contributed by atoms with E-state index >= 15 is 0 Å². The van der Waals surface area contributed by atoms with E-state index in [4.69, 9.17) is 0 Å². The predicted octanol–water partition coefficient (Wildman–Crippen LogP) is 0.921. The number of piperidine rings is 1. The summed E-state index contributed by atoms with van der Waals surface area (Å²) in [5.41, 5.74) is 0.447. The van der Waals surface area contributed by atoms with Crippen molar-refractivity contribution in [2.75, 3.05) is 13.1 Å². The number of hydrogen-bond donors (Lipinski definition) is 1. The molecule has 128 valence electrons.